The van der Waals surface area contributed by atoms with Gasteiger partial charge in [-0.05, 0) is 65.8 Å². The first-order valence-electron chi connectivity index (χ1n) is 8.33. The second-order valence-electron chi connectivity index (χ2n) is 6.20. The third kappa shape index (κ3) is 7.25. The van der Waals surface area contributed by atoms with Crippen LogP contribution in [0.4, 0.5) is 0 Å². The monoisotopic (exact) mass is 299 g/mol. The van der Waals surface area contributed by atoms with Crippen LogP contribution in [0.25, 0.3) is 0 Å². The van der Waals surface area contributed by atoms with Gasteiger partial charge in [0.2, 0.25) is 0 Å². The number of nitrogens with one attached hydrogen (secondary N) is 1. The van der Waals surface area contributed by atoms with Gasteiger partial charge in [-0.3, -0.25) is 4.79 Å². The number of carbonyl (C=O) groups is 1. The molecule has 0 aliphatic carbocycles. The molecule has 5 heteroatoms. The zero-order chi connectivity index (χ0) is 15.7. The van der Waals surface area contributed by atoms with Gasteiger partial charge in [0, 0.05) is 13.1 Å². The molecule has 0 amide bonds. The van der Waals surface area contributed by atoms with Gasteiger partial charge in [0.05, 0.1) is 6.61 Å². The molecular formula is C16H33N3O2. The highest BCUT2D eigenvalue weighted by molar-refractivity contribution is 5.75. The molecular weight excluding hydrogens is 266 g/mol. The predicted molar refractivity (Wildman–Crippen MR) is 86.4 cm³/mol. The van der Waals surface area contributed by atoms with E-state index in [0.29, 0.717) is 6.61 Å². The number of hydrogen-bond donors (Lipinski definition) is 1. The molecule has 1 heterocycles. The lowest BCUT2D eigenvalue weighted by Gasteiger charge is -2.33. The summed E-state index contributed by atoms with van der Waals surface area (Å²) < 4.78 is 5.13. The number of likely N-dealkylation sites (N-methyl/N-ethyl adjacent to an activating group) is 1. The van der Waals surface area contributed by atoms with Crippen LogP contribution in [0.2, 0.25) is 0 Å². The van der Waals surface area contributed by atoms with Gasteiger partial charge in [0.15, 0.2) is 0 Å². The van der Waals surface area contributed by atoms with Crippen molar-refractivity contribution in [1.82, 2.24) is 15.1 Å². The fraction of sp³-hybridized carbons (Fsp3) is 0.938. The molecule has 1 N–H and O–H groups in total. The van der Waals surface area contributed by atoms with E-state index in [1.54, 1.807) is 0 Å². The molecule has 5 nitrogen and oxygen atoms in total. The van der Waals surface area contributed by atoms with Crippen molar-refractivity contribution in [3.8, 4) is 0 Å². The molecule has 0 aromatic rings. The maximum absolute atomic E-state index is 11.9. The Morgan fingerprint density at radius 1 is 1.33 bits per heavy atom. The molecule has 0 bridgehead atoms. The van der Waals surface area contributed by atoms with Gasteiger partial charge in [0.1, 0.15) is 6.04 Å². The highest BCUT2D eigenvalue weighted by atomic mass is 16.5. The van der Waals surface area contributed by atoms with Crippen molar-refractivity contribution in [3.63, 3.8) is 0 Å². The van der Waals surface area contributed by atoms with Crippen LogP contribution in [-0.2, 0) is 9.53 Å². The maximum atomic E-state index is 11.9. The van der Waals surface area contributed by atoms with Crippen LogP contribution in [0.3, 0.4) is 0 Å². The van der Waals surface area contributed by atoms with E-state index >= 15 is 0 Å². The fourth-order valence-electron chi connectivity index (χ4n) is 3.01. The van der Waals surface area contributed by atoms with Gasteiger partial charge in [0.25, 0.3) is 0 Å². The van der Waals surface area contributed by atoms with E-state index in [1.165, 1.54) is 19.4 Å². The quantitative estimate of drug-likeness (QED) is 0.648. The summed E-state index contributed by atoms with van der Waals surface area (Å²) in [6, 6.07) is -0.158. The lowest BCUT2D eigenvalue weighted by Crippen LogP contribution is -2.43. The van der Waals surface area contributed by atoms with Gasteiger partial charge in [-0.1, -0.05) is 6.92 Å². The minimum absolute atomic E-state index is 0.109. The third-order valence-electron chi connectivity index (χ3n) is 4.09. The van der Waals surface area contributed by atoms with Crippen molar-refractivity contribution in [2.24, 2.45) is 5.92 Å². The topological polar surface area (TPSA) is 44.8 Å². The summed E-state index contributed by atoms with van der Waals surface area (Å²) in [7, 11) is 4.29. The Morgan fingerprint density at radius 3 is 2.52 bits per heavy atom. The SMILES string of the molecule is CCNC(CCN1CCC(CN(C)C)CC1)C(=O)OCC. The van der Waals surface area contributed by atoms with Crippen LogP contribution in [0, 0.1) is 5.92 Å². The highest BCUT2D eigenvalue weighted by Gasteiger charge is 2.23. The van der Waals surface area contributed by atoms with E-state index in [-0.39, 0.29) is 12.0 Å². The predicted octanol–water partition coefficient (Wildman–Crippen LogP) is 1.19. The van der Waals surface area contributed by atoms with Crippen molar-refractivity contribution in [2.45, 2.75) is 39.2 Å². The number of ether oxygens (including phenoxy) is 1. The number of carbonyl (C=O) groups excluding carboxylic acids is 1. The number of nitrogens with zero attached hydrogens (tertiary/aromatic N) is 2. The Labute approximate surface area is 130 Å². The van der Waals surface area contributed by atoms with E-state index in [0.717, 1.165) is 38.5 Å². The summed E-state index contributed by atoms with van der Waals surface area (Å²) >= 11 is 0. The molecule has 21 heavy (non-hydrogen) atoms. The van der Waals surface area contributed by atoms with E-state index in [1.807, 2.05) is 13.8 Å². The zero-order valence-electron chi connectivity index (χ0n) is 14.2. The number of piperidine rings is 1. The van der Waals surface area contributed by atoms with Gasteiger partial charge in [-0.2, -0.15) is 0 Å². The van der Waals surface area contributed by atoms with Gasteiger partial charge < -0.3 is 19.9 Å². The first kappa shape index (κ1) is 18.4. The van der Waals surface area contributed by atoms with E-state index in [9.17, 15) is 4.79 Å². The molecule has 0 saturated carbocycles. The summed E-state index contributed by atoms with van der Waals surface area (Å²) in [5.41, 5.74) is 0. The first-order valence-corrected chi connectivity index (χ1v) is 8.33. The van der Waals surface area contributed by atoms with Crippen LogP contribution in [0.15, 0.2) is 0 Å². The number of esters is 1. The summed E-state index contributed by atoms with van der Waals surface area (Å²) in [5, 5.41) is 3.23. The van der Waals surface area contributed by atoms with Gasteiger partial charge in [-0.15, -0.1) is 0 Å². The second kappa shape index (κ2) is 10.1. The molecule has 1 fully saturated rings. The largest absolute Gasteiger partial charge is 0.465 e. The van der Waals surface area contributed by atoms with Crippen molar-refractivity contribution >= 4 is 5.97 Å². The normalized spacial score (nSPS) is 18.9. The Kier molecular flexibility index (Phi) is 8.88. The Morgan fingerprint density at radius 2 is 2.00 bits per heavy atom. The van der Waals surface area contributed by atoms with Crippen molar-refractivity contribution < 1.29 is 9.53 Å². The summed E-state index contributed by atoms with van der Waals surface area (Å²) in [6.45, 7) is 9.61. The number of hydrogen-bond acceptors (Lipinski definition) is 5. The third-order valence-corrected chi connectivity index (χ3v) is 4.09. The fourth-order valence-corrected chi connectivity index (χ4v) is 3.01. The molecule has 1 aliphatic heterocycles. The van der Waals surface area contributed by atoms with Crippen LogP contribution in [-0.4, -0.2) is 75.2 Å². The smallest absolute Gasteiger partial charge is 0.323 e. The van der Waals surface area contributed by atoms with Crippen molar-refractivity contribution in [3.05, 3.63) is 0 Å². The summed E-state index contributed by atoms with van der Waals surface area (Å²) in [5.74, 6) is 0.715. The average Bonchev–Trinajstić information content (AvgIpc) is 2.44. The minimum atomic E-state index is -0.158. The number of rotatable bonds is 9. The molecule has 0 aromatic heterocycles. The molecule has 0 radical (unpaired) electrons. The van der Waals surface area contributed by atoms with E-state index in [2.05, 4.69) is 29.2 Å². The van der Waals surface area contributed by atoms with Crippen LogP contribution >= 0.6 is 0 Å². The Balaban J connectivity index is 2.28. The molecule has 124 valence electrons. The molecule has 1 unspecified atom stereocenters. The van der Waals surface area contributed by atoms with Crippen LogP contribution < -0.4 is 5.32 Å². The molecule has 1 saturated heterocycles. The molecule has 1 aliphatic rings. The number of likely N-dealkylation sites (tertiary alicyclic amines) is 1. The molecule has 1 atom stereocenters. The van der Waals surface area contributed by atoms with E-state index in [4.69, 9.17) is 4.74 Å². The molecule has 0 spiro atoms. The van der Waals surface area contributed by atoms with Crippen LogP contribution in [0.1, 0.15) is 33.1 Å². The standard InChI is InChI=1S/C16H33N3O2/c1-5-17-15(16(20)21-6-2)9-12-19-10-7-14(8-11-19)13-18(3)4/h14-15,17H,5-13H2,1-4H3. The van der Waals surface area contributed by atoms with E-state index < -0.39 is 0 Å². The average molecular weight is 299 g/mol. The van der Waals surface area contributed by atoms with Crippen LogP contribution in [0.5, 0.6) is 0 Å². The summed E-state index contributed by atoms with van der Waals surface area (Å²) in [4.78, 5) is 16.6. The highest BCUT2D eigenvalue weighted by Crippen LogP contribution is 2.18. The molecule has 1 rings (SSSR count). The van der Waals surface area contributed by atoms with Crippen molar-refractivity contribution in [2.75, 3.05) is 53.4 Å². The summed E-state index contributed by atoms with van der Waals surface area (Å²) in [6.07, 6.45) is 3.37. The lowest BCUT2D eigenvalue weighted by molar-refractivity contribution is -0.145. The minimum Gasteiger partial charge on any atom is -0.465 e. The maximum Gasteiger partial charge on any atom is 0.323 e. The molecule has 0 aromatic carbocycles. The first-order chi connectivity index (χ1) is 10.1. The Bertz CT molecular complexity index is 289. The Hall–Kier alpha value is -0.650. The van der Waals surface area contributed by atoms with Crippen molar-refractivity contribution in [1.29, 1.82) is 0 Å². The zero-order valence-corrected chi connectivity index (χ0v) is 14.2. The lowest BCUT2D eigenvalue weighted by atomic mass is 9.96. The van der Waals surface area contributed by atoms with Gasteiger partial charge >= 0.3 is 5.97 Å². The second-order valence-corrected chi connectivity index (χ2v) is 6.20. The van der Waals surface area contributed by atoms with Gasteiger partial charge in [-0.25, -0.2) is 0 Å².